The van der Waals surface area contributed by atoms with Crippen molar-refractivity contribution < 1.29 is 9.53 Å². The fourth-order valence-corrected chi connectivity index (χ4v) is 2.98. The van der Waals surface area contributed by atoms with Crippen molar-refractivity contribution in [2.75, 3.05) is 19.8 Å². The van der Waals surface area contributed by atoms with E-state index in [0.29, 0.717) is 19.8 Å². The average Bonchev–Trinajstić information content (AvgIpc) is 2.53. The van der Waals surface area contributed by atoms with Gasteiger partial charge in [-0.2, -0.15) is 0 Å². The molecule has 6 heteroatoms. The average molecular weight is 406 g/mol. The number of nitrogens with two attached hydrogens (primary N) is 1. The molecule has 1 aromatic rings. The van der Waals surface area contributed by atoms with Crippen molar-refractivity contribution in [3.05, 3.63) is 34.3 Å². The molecule has 4 nitrogen and oxygen atoms in total. The third-order valence-electron chi connectivity index (χ3n) is 4.41. The van der Waals surface area contributed by atoms with Crippen molar-refractivity contribution in [1.29, 1.82) is 0 Å². The zero-order chi connectivity index (χ0) is 16.2. The number of carbonyl (C=O) groups excluding carboxylic acids is 1. The number of ether oxygens (including phenoxy) is 1. The van der Waals surface area contributed by atoms with E-state index in [2.05, 4.69) is 47.2 Å². The lowest BCUT2D eigenvalue weighted by Crippen LogP contribution is -2.49. The van der Waals surface area contributed by atoms with Gasteiger partial charge in [-0.1, -0.05) is 41.9 Å². The molecule has 0 spiro atoms. The summed E-state index contributed by atoms with van der Waals surface area (Å²) in [4.78, 5) is 12.3. The third-order valence-corrected chi connectivity index (χ3v) is 4.94. The monoisotopic (exact) mass is 404 g/mol. The minimum absolute atomic E-state index is 0. The number of rotatable bonds is 5. The topological polar surface area (TPSA) is 64.4 Å². The van der Waals surface area contributed by atoms with Crippen LogP contribution in [0.25, 0.3) is 0 Å². The van der Waals surface area contributed by atoms with E-state index >= 15 is 0 Å². The summed E-state index contributed by atoms with van der Waals surface area (Å²) in [7, 11) is 0. The van der Waals surface area contributed by atoms with E-state index in [-0.39, 0.29) is 29.6 Å². The van der Waals surface area contributed by atoms with Crippen LogP contribution in [0, 0.1) is 5.92 Å². The SMILES string of the molecule is CC(C)(CNC(=O)C(N)C1CCOCC1)c1ccc(Br)cc1.Cl. The Kier molecular flexibility index (Phi) is 8.01. The summed E-state index contributed by atoms with van der Waals surface area (Å²) in [5.41, 5.74) is 7.16. The Bertz CT molecular complexity index is 502. The summed E-state index contributed by atoms with van der Waals surface area (Å²) < 4.78 is 6.37. The highest BCUT2D eigenvalue weighted by Crippen LogP contribution is 2.24. The number of amides is 1. The summed E-state index contributed by atoms with van der Waals surface area (Å²) in [6, 6.07) is 7.76. The largest absolute Gasteiger partial charge is 0.381 e. The maximum atomic E-state index is 12.3. The van der Waals surface area contributed by atoms with E-state index < -0.39 is 6.04 Å². The molecule has 0 bridgehead atoms. The molecule has 2 rings (SSSR count). The zero-order valence-corrected chi connectivity index (χ0v) is 16.1. The van der Waals surface area contributed by atoms with Crippen LogP contribution in [-0.4, -0.2) is 31.7 Å². The molecule has 0 saturated carbocycles. The van der Waals surface area contributed by atoms with Crippen molar-refractivity contribution >= 4 is 34.2 Å². The molecule has 0 aliphatic carbocycles. The first-order valence-electron chi connectivity index (χ1n) is 7.77. The number of hydrogen-bond donors (Lipinski definition) is 2. The fraction of sp³-hybridized carbons (Fsp3) is 0.588. The Labute approximate surface area is 153 Å². The minimum atomic E-state index is -0.440. The van der Waals surface area contributed by atoms with Crippen LogP contribution in [0.4, 0.5) is 0 Å². The van der Waals surface area contributed by atoms with Gasteiger partial charge in [0.2, 0.25) is 5.91 Å². The molecule has 1 unspecified atom stereocenters. The predicted octanol–water partition coefficient (Wildman–Crippen LogP) is 3.02. The molecule has 1 amide bonds. The second-order valence-electron chi connectivity index (χ2n) is 6.58. The number of hydrogen-bond acceptors (Lipinski definition) is 3. The van der Waals surface area contributed by atoms with Crippen LogP contribution in [0.2, 0.25) is 0 Å². The number of benzene rings is 1. The van der Waals surface area contributed by atoms with Gasteiger partial charge >= 0.3 is 0 Å². The van der Waals surface area contributed by atoms with Crippen LogP contribution in [-0.2, 0) is 14.9 Å². The molecular weight excluding hydrogens is 380 g/mol. The van der Waals surface area contributed by atoms with Gasteiger partial charge in [0.15, 0.2) is 0 Å². The molecule has 1 heterocycles. The number of halogens is 2. The van der Waals surface area contributed by atoms with E-state index in [9.17, 15) is 4.79 Å². The number of carbonyl (C=O) groups is 1. The van der Waals surface area contributed by atoms with Gasteiger partial charge in [-0.15, -0.1) is 12.4 Å². The normalized spacial score (nSPS) is 17.2. The smallest absolute Gasteiger partial charge is 0.237 e. The third kappa shape index (κ3) is 5.75. The Hall–Kier alpha value is -0.620. The van der Waals surface area contributed by atoms with Crippen LogP contribution in [0.15, 0.2) is 28.7 Å². The van der Waals surface area contributed by atoms with Crippen LogP contribution in [0.5, 0.6) is 0 Å². The molecule has 1 saturated heterocycles. The van der Waals surface area contributed by atoms with Crippen LogP contribution < -0.4 is 11.1 Å². The van der Waals surface area contributed by atoms with Gasteiger partial charge in [0.05, 0.1) is 6.04 Å². The van der Waals surface area contributed by atoms with Gasteiger partial charge in [-0.05, 0) is 36.5 Å². The van der Waals surface area contributed by atoms with Crippen molar-refractivity contribution in [2.45, 2.75) is 38.1 Å². The molecule has 1 aliphatic heterocycles. The summed E-state index contributed by atoms with van der Waals surface area (Å²) in [6.07, 6.45) is 1.73. The molecule has 0 radical (unpaired) electrons. The quantitative estimate of drug-likeness (QED) is 0.791. The molecule has 3 N–H and O–H groups in total. The summed E-state index contributed by atoms with van der Waals surface area (Å²) in [5, 5.41) is 3.02. The molecule has 1 atom stereocenters. The molecule has 0 aromatic heterocycles. The van der Waals surface area contributed by atoms with E-state index in [1.165, 1.54) is 5.56 Å². The highest BCUT2D eigenvalue weighted by atomic mass is 79.9. The van der Waals surface area contributed by atoms with Crippen molar-refractivity contribution in [2.24, 2.45) is 11.7 Å². The van der Waals surface area contributed by atoms with Gasteiger partial charge in [0.1, 0.15) is 0 Å². The van der Waals surface area contributed by atoms with Gasteiger partial charge < -0.3 is 15.8 Å². The van der Waals surface area contributed by atoms with Gasteiger partial charge in [0.25, 0.3) is 0 Å². The first-order chi connectivity index (χ1) is 10.4. The maximum Gasteiger partial charge on any atom is 0.237 e. The van der Waals surface area contributed by atoms with Gasteiger partial charge in [-0.25, -0.2) is 0 Å². The second kappa shape index (κ2) is 9.02. The van der Waals surface area contributed by atoms with Gasteiger partial charge in [-0.3, -0.25) is 4.79 Å². The minimum Gasteiger partial charge on any atom is -0.381 e. The number of nitrogens with one attached hydrogen (secondary N) is 1. The summed E-state index contributed by atoms with van der Waals surface area (Å²) in [5.74, 6) is 0.168. The lowest BCUT2D eigenvalue weighted by molar-refractivity contribution is -0.124. The maximum absolute atomic E-state index is 12.3. The highest BCUT2D eigenvalue weighted by Gasteiger charge is 2.28. The molecule has 23 heavy (non-hydrogen) atoms. The molecule has 1 aromatic carbocycles. The molecular formula is C17H26BrClN2O2. The second-order valence-corrected chi connectivity index (χ2v) is 7.50. The van der Waals surface area contributed by atoms with Crippen LogP contribution >= 0.6 is 28.3 Å². The lowest BCUT2D eigenvalue weighted by atomic mass is 9.84. The Morgan fingerprint density at radius 2 is 1.91 bits per heavy atom. The zero-order valence-electron chi connectivity index (χ0n) is 13.7. The standard InChI is InChI=1S/C17H25BrN2O2.ClH/c1-17(2,13-3-5-14(18)6-4-13)11-20-16(21)15(19)12-7-9-22-10-8-12;/h3-6,12,15H,7-11,19H2,1-2H3,(H,20,21);1H. The van der Waals surface area contributed by atoms with E-state index in [1.54, 1.807) is 0 Å². The van der Waals surface area contributed by atoms with Crippen molar-refractivity contribution in [3.8, 4) is 0 Å². The Morgan fingerprint density at radius 3 is 2.48 bits per heavy atom. The van der Waals surface area contributed by atoms with E-state index in [1.807, 2.05) is 12.1 Å². The van der Waals surface area contributed by atoms with Gasteiger partial charge in [0, 0.05) is 29.6 Å². The van der Waals surface area contributed by atoms with Crippen LogP contribution in [0.1, 0.15) is 32.3 Å². The molecule has 1 aliphatic rings. The fourth-order valence-electron chi connectivity index (χ4n) is 2.72. The molecule has 130 valence electrons. The first kappa shape index (κ1) is 20.4. The highest BCUT2D eigenvalue weighted by molar-refractivity contribution is 9.10. The molecule has 1 fully saturated rings. The van der Waals surface area contributed by atoms with Crippen molar-refractivity contribution in [3.63, 3.8) is 0 Å². The predicted molar refractivity (Wildman–Crippen MR) is 98.9 cm³/mol. The Balaban J connectivity index is 0.00000264. The van der Waals surface area contributed by atoms with E-state index in [0.717, 1.165) is 17.3 Å². The first-order valence-corrected chi connectivity index (χ1v) is 8.56. The summed E-state index contributed by atoms with van der Waals surface area (Å²) in [6.45, 7) is 6.23. The van der Waals surface area contributed by atoms with E-state index in [4.69, 9.17) is 10.5 Å². The van der Waals surface area contributed by atoms with Crippen molar-refractivity contribution in [1.82, 2.24) is 5.32 Å². The summed E-state index contributed by atoms with van der Waals surface area (Å²) >= 11 is 3.44. The Morgan fingerprint density at radius 1 is 1.35 bits per heavy atom. The van der Waals surface area contributed by atoms with Crippen LogP contribution in [0.3, 0.4) is 0 Å². The lowest BCUT2D eigenvalue weighted by Gasteiger charge is -2.29.